The van der Waals surface area contributed by atoms with Gasteiger partial charge >= 0.3 is 0 Å². The van der Waals surface area contributed by atoms with E-state index < -0.39 is 17.7 Å². The summed E-state index contributed by atoms with van der Waals surface area (Å²) >= 11 is 0. The summed E-state index contributed by atoms with van der Waals surface area (Å²) in [5.74, 6) is -1.50. The van der Waals surface area contributed by atoms with Crippen LogP contribution >= 0.6 is 0 Å². The molecule has 0 aromatic heterocycles. The van der Waals surface area contributed by atoms with E-state index in [-0.39, 0.29) is 17.1 Å². The number of likely N-dealkylation sites (tertiary alicyclic amines) is 1. The molecule has 0 radical (unpaired) electrons. The maximum atomic E-state index is 13.0. The van der Waals surface area contributed by atoms with Crippen molar-refractivity contribution in [2.75, 3.05) is 39.4 Å². The molecule has 0 unspecified atom stereocenters. The second kappa shape index (κ2) is 8.91. The van der Waals surface area contributed by atoms with Gasteiger partial charge < -0.3 is 24.7 Å². The zero-order valence-electron chi connectivity index (χ0n) is 17.5. The van der Waals surface area contributed by atoms with E-state index in [0.717, 1.165) is 18.7 Å². The Morgan fingerprint density at radius 3 is 2.52 bits per heavy atom. The maximum Gasteiger partial charge on any atom is 0.295 e. The lowest BCUT2D eigenvalue weighted by atomic mass is 9.95. The fourth-order valence-corrected chi connectivity index (χ4v) is 4.21. The first kappa shape index (κ1) is 21.1. The number of ketones is 1. The van der Waals surface area contributed by atoms with Gasteiger partial charge in [0.25, 0.3) is 11.7 Å². The van der Waals surface area contributed by atoms with Crippen molar-refractivity contribution in [3.63, 3.8) is 0 Å². The van der Waals surface area contributed by atoms with Gasteiger partial charge in [-0.25, -0.2) is 0 Å². The minimum absolute atomic E-state index is 0.0391. The molecule has 2 aliphatic heterocycles. The molecule has 0 bridgehead atoms. The number of amides is 1. The van der Waals surface area contributed by atoms with E-state index in [0.29, 0.717) is 37.4 Å². The number of hydrogen-bond donors (Lipinski definition) is 3. The Morgan fingerprint density at radius 2 is 1.84 bits per heavy atom. The maximum absolute atomic E-state index is 13.0. The molecule has 2 aromatic rings. The van der Waals surface area contributed by atoms with Crippen molar-refractivity contribution < 1.29 is 29.4 Å². The number of nitrogens with zero attached hydrogens (tertiary/aromatic N) is 1. The van der Waals surface area contributed by atoms with Crippen molar-refractivity contribution in [1.29, 1.82) is 0 Å². The van der Waals surface area contributed by atoms with Crippen molar-refractivity contribution in [2.45, 2.75) is 13.0 Å². The molecule has 2 saturated heterocycles. The summed E-state index contributed by atoms with van der Waals surface area (Å²) in [6, 6.07) is 12.9. The van der Waals surface area contributed by atoms with Crippen molar-refractivity contribution in [1.82, 2.24) is 4.90 Å². The Labute approximate surface area is 181 Å². The third-order valence-electron chi connectivity index (χ3n) is 5.96. The normalized spacial score (nSPS) is 21.6. The van der Waals surface area contributed by atoms with E-state index >= 15 is 0 Å². The van der Waals surface area contributed by atoms with E-state index in [1.54, 1.807) is 24.3 Å². The first-order valence-corrected chi connectivity index (χ1v) is 10.5. The monoisotopic (exact) mass is 423 g/mol. The van der Waals surface area contributed by atoms with Gasteiger partial charge in [0, 0.05) is 5.56 Å². The van der Waals surface area contributed by atoms with Crippen LogP contribution in [0.15, 0.2) is 54.1 Å². The number of carbonyl (C=O) groups excluding carboxylic acids is 2. The molecular weight excluding hydrogens is 396 g/mol. The fourth-order valence-electron chi connectivity index (χ4n) is 4.21. The van der Waals surface area contributed by atoms with Gasteiger partial charge in [-0.2, -0.15) is 0 Å². The van der Waals surface area contributed by atoms with Crippen LogP contribution in [0.5, 0.6) is 5.75 Å². The lowest BCUT2D eigenvalue weighted by Gasteiger charge is -2.29. The largest absolute Gasteiger partial charge is 0.508 e. The molecule has 2 heterocycles. The Hall–Kier alpha value is -3.16. The number of aromatic hydroxyl groups is 1. The highest BCUT2D eigenvalue weighted by atomic mass is 16.5. The summed E-state index contributed by atoms with van der Waals surface area (Å²) in [7, 11) is 0. The van der Waals surface area contributed by atoms with Crippen LogP contribution in [0.3, 0.4) is 0 Å². The van der Waals surface area contributed by atoms with Gasteiger partial charge in [-0.3, -0.25) is 9.59 Å². The number of aliphatic hydroxyl groups excluding tert-OH is 1. The van der Waals surface area contributed by atoms with Gasteiger partial charge in [0.15, 0.2) is 0 Å². The number of carbonyl (C=O) groups is 2. The van der Waals surface area contributed by atoms with Crippen LogP contribution in [-0.2, 0) is 14.3 Å². The first-order chi connectivity index (χ1) is 15.0. The van der Waals surface area contributed by atoms with Crippen molar-refractivity contribution in [3.8, 4) is 5.75 Å². The molecule has 0 aliphatic carbocycles. The van der Waals surface area contributed by atoms with E-state index in [1.807, 2.05) is 19.1 Å². The standard InChI is InChI=1S/C24H26N2O5/c1-16-5-7-17(8-6-16)22(28)20-21(18-3-2-4-19(27)15-18)26(24(30)23(20)29)10-9-25-11-13-31-14-12-25/h2-8,15,21,27-28H,9-14H2,1H3/p+1/t21-/m1/s1. The number of benzene rings is 2. The minimum Gasteiger partial charge on any atom is -0.508 e. The van der Waals surface area contributed by atoms with Crippen LogP contribution < -0.4 is 4.90 Å². The van der Waals surface area contributed by atoms with Crippen LogP contribution in [0.25, 0.3) is 5.76 Å². The van der Waals surface area contributed by atoms with Crippen LogP contribution in [0.1, 0.15) is 22.7 Å². The van der Waals surface area contributed by atoms with Crippen molar-refractivity contribution >= 4 is 17.4 Å². The molecular formula is C24H27N2O5+. The molecule has 7 heteroatoms. The molecule has 0 saturated carbocycles. The summed E-state index contributed by atoms with van der Waals surface area (Å²) in [6.07, 6.45) is 0. The molecule has 4 rings (SSSR count). The summed E-state index contributed by atoms with van der Waals surface area (Å²) in [6.45, 7) is 6.04. The lowest BCUT2D eigenvalue weighted by molar-refractivity contribution is -0.907. The third-order valence-corrected chi connectivity index (χ3v) is 5.96. The molecule has 162 valence electrons. The predicted octanol–water partition coefficient (Wildman–Crippen LogP) is 1.04. The SMILES string of the molecule is Cc1ccc(C(O)=C2C(=O)C(=O)N(CC[NH+]3CCOCC3)[C@@H]2c2cccc(O)c2)cc1. The Balaban J connectivity index is 1.73. The molecule has 2 aromatic carbocycles. The highest BCUT2D eigenvalue weighted by Gasteiger charge is 2.46. The summed E-state index contributed by atoms with van der Waals surface area (Å²) in [5.41, 5.74) is 2.14. The fraction of sp³-hybridized carbons (Fsp3) is 0.333. The topological polar surface area (TPSA) is 91.5 Å². The number of aryl methyl sites for hydroxylation is 1. The second-order valence-corrected chi connectivity index (χ2v) is 8.07. The number of morpholine rings is 1. The van der Waals surface area contributed by atoms with Crippen molar-refractivity contribution in [3.05, 3.63) is 70.8 Å². The van der Waals surface area contributed by atoms with Gasteiger partial charge in [-0.05, 0) is 24.6 Å². The summed E-state index contributed by atoms with van der Waals surface area (Å²) in [4.78, 5) is 28.8. The Bertz CT molecular complexity index is 1010. The Kier molecular flexibility index (Phi) is 6.06. The number of Topliss-reactive ketones (excluding diaryl/α,β-unsaturated/α-hetero) is 1. The van der Waals surface area contributed by atoms with E-state index in [1.165, 1.54) is 21.9 Å². The molecule has 3 N–H and O–H groups in total. The predicted molar refractivity (Wildman–Crippen MR) is 115 cm³/mol. The van der Waals surface area contributed by atoms with Gasteiger partial charge in [-0.1, -0.05) is 42.0 Å². The van der Waals surface area contributed by atoms with Crippen molar-refractivity contribution in [2.24, 2.45) is 0 Å². The number of quaternary nitrogens is 1. The minimum atomic E-state index is -0.756. The zero-order chi connectivity index (χ0) is 22.0. The molecule has 1 atom stereocenters. The number of rotatable bonds is 5. The van der Waals surface area contributed by atoms with Crippen LogP contribution in [0, 0.1) is 6.92 Å². The zero-order valence-corrected chi connectivity index (χ0v) is 17.5. The van der Waals surface area contributed by atoms with Crippen LogP contribution in [0.4, 0.5) is 0 Å². The first-order valence-electron chi connectivity index (χ1n) is 10.5. The summed E-state index contributed by atoms with van der Waals surface area (Å²) < 4.78 is 5.40. The molecule has 2 aliphatic rings. The number of hydrogen-bond acceptors (Lipinski definition) is 5. The molecule has 0 spiro atoms. The molecule has 1 amide bonds. The third kappa shape index (κ3) is 4.33. The highest BCUT2D eigenvalue weighted by molar-refractivity contribution is 6.46. The molecule has 2 fully saturated rings. The Morgan fingerprint density at radius 1 is 1.13 bits per heavy atom. The number of phenols is 1. The number of phenolic OH excluding ortho intramolecular Hbond substituents is 1. The number of nitrogens with one attached hydrogen (secondary N) is 1. The smallest absolute Gasteiger partial charge is 0.295 e. The molecule has 31 heavy (non-hydrogen) atoms. The van der Waals surface area contributed by atoms with E-state index in [2.05, 4.69) is 0 Å². The second-order valence-electron chi connectivity index (χ2n) is 8.07. The number of ether oxygens (including phenoxy) is 1. The highest BCUT2D eigenvalue weighted by Crippen LogP contribution is 2.39. The van der Waals surface area contributed by atoms with E-state index in [4.69, 9.17) is 4.74 Å². The lowest BCUT2D eigenvalue weighted by Crippen LogP contribution is -3.14. The van der Waals surface area contributed by atoms with Gasteiger partial charge in [0.05, 0.1) is 37.9 Å². The van der Waals surface area contributed by atoms with Crippen LogP contribution in [-0.4, -0.2) is 66.2 Å². The molecule has 7 nitrogen and oxygen atoms in total. The van der Waals surface area contributed by atoms with Gasteiger partial charge in [0.2, 0.25) is 0 Å². The number of aliphatic hydroxyl groups is 1. The average Bonchev–Trinajstić information content (AvgIpc) is 3.03. The van der Waals surface area contributed by atoms with E-state index in [9.17, 15) is 19.8 Å². The average molecular weight is 423 g/mol. The summed E-state index contributed by atoms with van der Waals surface area (Å²) in [5, 5.41) is 21.0. The van der Waals surface area contributed by atoms with Gasteiger partial charge in [-0.15, -0.1) is 0 Å². The quantitative estimate of drug-likeness (QED) is 0.380. The van der Waals surface area contributed by atoms with Gasteiger partial charge in [0.1, 0.15) is 24.6 Å². The van der Waals surface area contributed by atoms with Crippen LogP contribution in [0.2, 0.25) is 0 Å².